The lowest BCUT2D eigenvalue weighted by Crippen LogP contribution is -2.15. The third kappa shape index (κ3) is 3.66. The SMILES string of the molecule is COC(=O)c1cc(-c2ccc(Br)cc2)n(-c2ccc(C)cc2)c1C(=O)OC. The maximum absolute atomic E-state index is 12.6. The molecule has 2 aromatic carbocycles. The minimum Gasteiger partial charge on any atom is -0.465 e. The molecule has 0 spiro atoms. The van der Waals surface area contributed by atoms with Gasteiger partial charge in [0.25, 0.3) is 0 Å². The summed E-state index contributed by atoms with van der Waals surface area (Å²) in [5.41, 5.74) is 3.65. The van der Waals surface area contributed by atoms with Gasteiger partial charge in [0.05, 0.1) is 25.5 Å². The highest BCUT2D eigenvalue weighted by molar-refractivity contribution is 9.10. The first-order valence-electron chi connectivity index (χ1n) is 8.21. The normalized spacial score (nSPS) is 10.5. The molecule has 138 valence electrons. The van der Waals surface area contributed by atoms with Crippen molar-refractivity contribution in [3.8, 4) is 16.9 Å². The molecule has 1 aromatic heterocycles. The number of benzene rings is 2. The molecule has 0 bridgehead atoms. The number of aryl methyl sites for hydroxylation is 1. The number of halogens is 1. The molecule has 27 heavy (non-hydrogen) atoms. The van der Waals surface area contributed by atoms with Gasteiger partial charge in [0.2, 0.25) is 0 Å². The van der Waals surface area contributed by atoms with Crippen molar-refractivity contribution in [1.82, 2.24) is 4.57 Å². The van der Waals surface area contributed by atoms with Crippen LogP contribution in [-0.2, 0) is 9.47 Å². The molecule has 0 atom stereocenters. The average molecular weight is 428 g/mol. The maximum Gasteiger partial charge on any atom is 0.355 e. The summed E-state index contributed by atoms with van der Waals surface area (Å²) in [7, 11) is 2.57. The number of esters is 2. The summed E-state index contributed by atoms with van der Waals surface area (Å²) in [4.78, 5) is 24.9. The number of rotatable bonds is 4. The highest BCUT2D eigenvalue weighted by Gasteiger charge is 2.28. The lowest BCUT2D eigenvalue weighted by atomic mass is 10.1. The fraction of sp³-hybridized carbons (Fsp3) is 0.143. The number of hydrogen-bond donors (Lipinski definition) is 0. The van der Waals surface area contributed by atoms with Crippen LogP contribution >= 0.6 is 15.9 Å². The fourth-order valence-corrected chi connectivity index (χ4v) is 3.13. The van der Waals surface area contributed by atoms with Gasteiger partial charge in [0, 0.05) is 10.2 Å². The lowest BCUT2D eigenvalue weighted by molar-refractivity contribution is 0.0549. The van der Waals surface area contributed by atoms with E-state index in [1.165, 1.54) is 14.2 Å². The van der Waals surface area contributed by atoms with E-state index in [1.54, 1.807) is 10.6 Å². The van der Waals surface area contributed by atoms with E-state index in [0.29, 0.717) is 5.69 Å². The summed E-state index contributed by atoms with van der Waals surface area (Å²) in [5.74, 6) is -1.21. The third-order valence-corrected chi connectivity index (χ3v) is 4.75. The Kier molecular flexibility index (Phi) is 5.46. The second-order valence-corrected chi connectivity index (χ2v) is 6.87. The number of nitrogens with zero attached hydrogens (tertiary/aromatic N) is 1. The van der Waals surface area contributed by atoms with Crippen molar-refractivity contribution in [3.05, 3.63) is 75.9 Å². The number of aromatic nitrogens is 1. The molecular formula is C21H18BrNO4. The number of ether oxygens (including phenoxy) is 2. The maximum atomic E-state index is 12.6. The molecule has 0 unspecified atom stereocenters. The molecule has 0 aliphatic heterocycles. The number of hydrogen-bond acceptors (Lipinski definition) is 4. The number of methoxy groups -OCH3 is 2. The molecule has 0 N–H and O–H groups in total. The molecule has 0 saturated heterocycles. The molecule has 6 heteroatoms. The van der Waals surface area contributed by atoms with Gasteiger partial charge in [-0.25, -0.2) is 9.59 Å². The van der Waals surface area contributed by atoms with Gasteiger partial charge in [-0.1, -0.05) is 45.8 Å². The predicted molar refractivity (Wildman–Crippen MR) is 106 cm³/mol. The van der Waals surface area contributed by atoms with Gasteiger partial charge >= 0.3 is 11.9 Å². The molecule has 1 heterocycles. The number of carbonyl (C=O) groups excluding carboxylic acids is 2. The van der Waals surface area contributed by atoms with Crippen molar-refractivity contribution in [1.29, 1.82) is 0 Å². The van der Waals surface area contributed by atoms with Crippen molar-refractivity contribution in [3.63, 3.8) is 0 Å². The van der Waals surface area contributed by atoms with E-state index < -0.39 is 11.9 Å². The van der Waals surface area contributed by atoms with Gasteiger partial charge in [-0.2, -0.15) is 0 Å². The molecule has 5 nitrogen and oxygen atoms in total. The summed E-state index contributed by atoms with van der Waals surface area (Å²) >= 11 is 3.42. The van der Waals surface area contributed by atoms with Crippen LogP contribution in [0.25, 0.3) is 16.9 Å². The van der Waals surface area contributed by atoms with Gasteiger partial charge in [0.15, 0.2) is 0 Å². The molecule has 3 aromatic rings. The van der Waals surface area contributed by atoms with E-state index in [0.717, 1.165) is 21.3 Å². The molecule has 0 aliphatic rings. The lowest BCUT2D eigenvalue weighted by Gasteiger charge is -2.14. The zero-order valence-electron chi connectivity index (χ0n) is 15.2. The standard InChI is InChI=1S/C21H18BrNO4/c1-13-4-10-16(11-5-13)23-18(14-6-8-15(22)9-7-14)12-17(20(24)26-2)19(23)21(25)27-3/h4-12H,1-3H3. The largest absolute Gasteiger partial charge is 0.465 e. The van der Waals surface area contributed by atoms with Crippen molar-refractivity contribution in [2.45, 2.75) is 6.92 Å². The van der Waals surface area contributed by atoms with Crippen LogP contribution in [0, 0.1) is 6.92 Å². The Morgan fingerprint density at radius 2 is 1.48 bits per heavy atom. The van der Waals surface area contributed by atoms with Crippen LogP contribution in [0.3, 0.4) is 0 Å². The molecule has 0 aliphatic carbocycles. The summed E-state index contributed by atoms with van der Waals surface area (Å²) < 4.78 is 12.5. The molecule has 0 saturated carbocycles. The van der Waals surface area contributed by atoms with Crippen LogP contribution in [0.1, 0.15) is 26.4 Å². The molecule has 0 fully saturated rings. The summed E-state index contributed by atoms with van der Waals surface area (Å²) in [6, 6.07) is 16.9. The van der Waals surface area contributed by atoms with Crippen LogP contribution in [-0.4, -0.2) is 30.7 Å². The Bertz CT molecular complexity index is 988. The Hall–Kier alpha value is -2.86. The van der Waals surface area contributed by atoms with Crippen molar-refractivity contribution < 1.29 is 19.1 Å². The van der Waals surface area contributed by atoms with Crippen molar-refractivity contribution in [2.75, 3.05) is 14.2 Å². The smallest absolute Gasteiger partial charge is 0.355 e. The molecule has 3 rings (SSSR count). The Morgan fingerprint density at radius 1 is 0.889 bits per heavy atom. The highest BCUT2D eigenvalue weighted by Crippen LogP contribution is 2.31. The van der Waals surface area contributed by atoms with Crippen LogP contribution in [0.2, 0.25) is 0 Å². The van der Waals surface area contributed by atoms with E-state index in [2.05, 4.69) is 15.9 Å². The molecular weight excluding hydrogens is 410 g/mol. The Labute approximate surface area is 165 Å². The molecule has 0 radical (unpaired) electrons. The number of carbonyl (C=O) groups is 2. The minimum absolute atomic E-state index is 0.131. The summed E-state index contributed by atoms with van der Waals surface area (Å²) in [5, 5.41) is 0. The van der Waals surface area contributed by atoms with Crippen molar-refractivity contribution in [2.24, 2.45) is 0 Å². The van der Waals surface area contributed by atoms with E-state index in [-0.39, 0.29) is 11.3 Å². The Morgan fingerprint density at radius 3 is 2.04 bits per heavy atom. The van der Waals surface area contributed by atoms with E-state index in [9.17, 15) is 9.59 Å². The van der Waals surface area contributed by atoms with Crippen LogP contribution in [0.15, 0.2) is 59.1 Å². The summed E-state index contributed by atoms with van der Waals surface area (Å²) in [6.07, 6.45) is 0. The van der Waals surface area contributed by atoms with Gasteiger partial charge in [-0.05, 0) is 42.8 Å². The van der Waals surface area contributed by atoms with E-state index >= 15 is 0 Å². The van der Waals surface area contributed by atoms with Gasteiger partial charge in [0.1, 0.15) is 5.69 Å². The minimum atomic E-state index is -0.612. The second kappa shape index (κ2) is 7.80. The zero-order chi connectivity index (χ0) is 19.6. The monoisotopic (exact) mass is 427 g/mol. The third-order valence-electron chi connectivity index (χ3n) is 4.22. The topological polar surface area (TPSA) is 57.5 Å². The van der Waals surface area contributed by atoms with Crippen LogP contribution in [0.4, 0.5) is 0 Å². The fourth-order valence-electron chi connectivity index (χ4n) is 2.87. The Balaban J connectivity index is 2.36. The van der Waals surface area contributed by atoms with Gasteiger partial charge in [-0.3, -0.25) is 0 Å². The predicted octanol–water partition coefficient (Wildman–Crippen LogP) is 4.79. The van der Waals surface area contributed by atoms with Gasteiger partial charge in [-0.15, -0.1) is 0 Å². The van der Waals surface area contributed by atoms with E-state index in [4.69, 9.17) is 9.47 Å². The highest BCUT2D eigenvalue weighted by atomic mass is 79.9. The van der Waals surface area contributed by atoms with Crippen LogP contribution < -0.4 is 0 Å². The first kappa shape index (κ1) is 18.9. The summed E-state index contributed by atoms with van der Waals surface area (Å²) in [6.45, 7) is 1.98. The molecule has 0 amide bonds. The first-order valence-corrected chi connectivity index (χ1v) is 9.01. The average Bonchev–Trinajstić information content (AvgIpc) is 3.08. The second-order valence-electron chi connectivity index (χ2n) is 5.95. The van der Waals surface area contributed by atoms with Crippen LogP contribution in [0.5, 0.6) is 0 Å². The van der Waals surface area contributed by atoms with Gasteiger partial charge < -0.3 is 14.0 Å². The zero-order valence-corrected chi connectivity index (χ0v) is 16.7. The quantitative estimate of drug-likeness (QED) is 0.561. The van der Waals surface area contributed by atoms with Crippen molar-refractivity contribution >= 4 is 27.9 Å². The first-order chi connectivity index (χ1) is 13.0. The van der Waals surface area contributed by atoms with E-state index in [1.807, 2.05) is 55.5 Å².